The summed E-state index contributed by atoms with van der Waals surface area (Å²) in [7, 11) is 0. The number of hydrogen-bond donors (Lipinski definition) is 3. The molecule has 0 unspecified atom stereocenters. The van der Waals surface area contributed by atoms with Crippen LogP contribution < -0.4 is 4.90 Å². The van der Waals surface area contributed by atoms with Crippen LogP contribution in [0.25, 0.3) is 0 Å². The number of nitrogens with zero attached hydrogens (tertiary/aromatic N) is 3. The van der Waals surface area contributed by atoms with Gasteiger partial charge in [0.25, 0.3) is 0 Å². The van der Waals surface area contributed by atoms with Crippen LogP contribution in [0.5, 0.6) is 0 Å². The molecule has 35 heavy (non-hydrogen) atoms. The van der Waals surface area contributed by atoms with Crippen LogP contribution in [-0.2, 0) is 9.59 Å². The van der Waals surface area contributed by atoms with E-state index in [0.29, 0.717) is 12.2 Å². The van der Waals surface area contributed by atoms with Crippen molar-refractivity contribution in [1.29, 1.82) is 0 Å². The minimum absolute atomic E-state index is 0.258. The number of piperazine rings is 1. The minimum atomic E-state index is -1.26. The predicted octanol–water partition coefficient (Wildman–Crippen LogP) is 3.65. The van der Waals surface area contributed by atoms with Crippen LogP contribution in [0, 0.1) is 0 Å². The van der Waals surface area contributed by atoms with Crippen molar-refractivity contribution in [3.63, 3.8) is 0 Å². The average molecular weight is 520 g/mol. The Kier molecular flexibility index (Phi) is 10.4. The largest absolute Gasteiger partial charge is 0.478 e. The number of fused-ring (bicyclic) bond motifs is 2. The summed E-state index contributed by atoms with van der Waals surface area (Å²) in [4.78, 5) is 29.0. The molecule has 2 heterocycles. The number of rotatable bonds is 8. The summed E-state index contributed by atoms with van der Waals surface area (Å²) < 4.78 is 0. The lowest BCUT2D eigenvalue weighted by molar-refractivity contribution is -0.134. The van der Waals surface area contributed by atoms with Crippen LogP contribution in [0.3, 0.4) is 0 Å². The number of aliphatic hydroxyl groups excluding tert-OH is 1. The van der Waals surface area contributed by atoms with E-state index in [0.717, 1.165) is 57.3 Å². The van der Waals surface area contributed by atoms with Gasteiger partial charge >= 0.3 is 11.9 Å². The molecule has 4 rings (SSSR count). The molecule has 2 aliphatic heterocycles. The van der Waals surface area contributed by atoms with Gasteiger partial charge in [-0.3, -0.25) is 4.90 Å². The van der Waals surface area contributed by atoms with Gasteiger partial charge in [0.05, 0.1) is 18.0 Å². The lowest BCUT2D eigenvalue weighted by Crippen LogP contribution is -2.47. The van der Waals surface area contributed by atoms with Crippen LogP contribution in [0.2, 0.25) is 5.02 Å². The van der Waals surface area contributed by atoms with Gasteiger partial charge in [0.2, 0.25) is 0 Å². The van der Waals surface area contributed by atoms with Gasteiger partial charge in [-0.1, -0.05) is 35.5 Å². The fraction of sp³-hybridized carbons (Fsp3) is 0.360. The molecular weight excluding hydrogens is 490 g/mol. The smallest absolute Gasteiger partial charge is 0.328 e. The summed E-state index contributed by atoms with van der Waals surface area (Å²) in [5, 5.41) is 25.5. The Balaban J connectivity index is 0.000000371. The Morgan fingerprint density at radius 3 is 2.09 bits per heavy atom. The molecule has 0 aliphatic carbocycles. The Morgan fingerprint density at radius 2 is 1.46 bits per heavy atom. The second kappa shape index (κ2) is 13.5. The maximum atomic E-state index is 9.55. The number of aliphatic carboxylic acids is 2. The molecule has 0 bridgehead atoms. The van der Waals surface area contributed by atoms with E-state index < -0.39 is 11.9 Å². The molecule has 0 aromatic heterocycles. The molecule has 1 saturated heterocycles. The highest BCUT2D eigenvalue weighted by Crippen LogP contribution is 2.48. The van der Waals surface area contributed by atoms with Crippen molar-refractivity contribution >= 4 is 46.7 Å². The Labute approximate surface area is 214 Å². The summed E-state index contributed by atoms with van der Waals surface area (Å²) in [6.45, 7) is 7.45. The average Bonchev–Trinajstić information content (AvgIpc) is 2.84. The van der Waals surface area contributed by atoms with E-state index in [1.54, 1.807) is 0 Å². The van der Waals surface area contributed by atoms with E-state index in [1.807, 2.05) is 17.8 Å². The van der Waals surface area contributed by atoms with Gasteiger partial charge in [-0.25, -0.2) is 9.59 Å². The first-order valence-electron chi connectivity index (χ1n) is 11.4. The molecule has 2 aromatic carbocycles. The minimum Gasteiger partial charge on any atom is -0.478 e. The molecule has 3 N–H and O–H groups in total. The predicted molar refractivity (Wildman–Crippen MR) is 138 cm³/mol. The van der Waals surface area contributed by atoms with Crippen molar-refractivity contribution in [2.24, 2.45) is 0 Å². The Morgan fingerprint density at radius 1 is 0.857 bits per heavy atom. The number of carboxylic acid groups (broad SMARTS) is 2. The number of β-amino-alcohol motifs (C(OH)–C–C–N with tert-alkyl or cyclic N) is 1. The highest BCUT2D eigenvalue weighted by molar-refractivity contribution is 7.99. The lowest BCUT2D eigenvalue weighted by Gasteiger charge is -2.36. The highest BCUT2D eigenvalue weighted by atomic mass is 35.5. The summed E-state index contributed by atoms with van der Waals surface area (Å²) >= 11 is 8.12. The number of anilines is 2. The molecule has 0 saturated carbocycles. The molecule has 1 fully saturated rings. The first kappa shape index (κ1) is 27.0. The lowest BCUT2D eigenvalue weighted by atomic mass is 10.2. The molecule has 8 nitrogen and oxygen atoms in total. The van der Waals surface area contributed by atoms with E-state index in [-0.39, 0.29) is 6.61 Å². The summed E-state index contributed by atoms with van der Waals surface area (Å²) in [6, 6.07) is 14.8. The van der Waals surface area contributed by atoms with Crippen molar-refractivity contribution < 1.29 is 24.9 Å². The molecule has 2 aromatic rings. The van der Waals surface area contributed by atoms with Crippen LogP contribution in [-0.4, -0.2) is 89.5 Å². The fourth-order valence-electron chi connectivity index (χ4n) is 4.02. The number of carboxylic acids is 2. The topological polar surface area (TPSA) is 105 Å². The van der Waals surface area contributed by atoms with Crippen molar-refractivity contribution in [3.05, 3.63) is 59.6 Å². The number of carbonyl (C=O) groups is 2. The molecule has 0 spiro atoms. The van der Waals surface area contributed by atoms with Crippen LogP contribution >= 0.6 is 23.4 Å². The number of para-hydroxylation sites is 1. The van der Waals surface area contributed by atoms with Gasteiger partial charge in [-0.05, 0) is 43.3 Å². The van der Waals surface area contributed by atoms with E-state index in [9.17, 15) is 9.59 Å². The fourth-order valence-corrected chi connectivity index (χ4v) is 5.26. The Hall–Kier alpha value is -2.56. The number of aliphatic hydroxyl groups is 1. The van der Waals surface area contributed by atoms with Gasteiger partial charge in [-0.2, -0.15) is 0 Å². The summed E-state index contributed by atoms with van der Waals surface area (Å²) in [5.74, 6) is -2.51. The SMILES string of the molecule is O=C(O)C=CC(=O)O.OCCN1CCN(CCCN2c3ccccc3Sc3ccc(Cl)cc32)CC1. The van der Waals surface area contributed by atoms with E-state index in [1.165, 1.54) is 21.2 Å². The number of benzene rings is 2. The van der Waals surface area contributed by atoms with Crippen LogP contribution in [0.4, 0.5) is 11.4 Å². The first-order chi connectivity index (χ1) is 16.9. The van der Waals surface area contributed by atoms with Crippen molar-refractivity contribution in [1.82, 2.24) is 9.80 Å². The van der Waals surface area contributed by atoms with Gasteiger partial charge in [0.1, 0.15) is 0 Å². The second-order valence-corrected chi connectivity index (χ2v) is 9.62. The van der Waals surface area contributed by atoms with Gasteiger partial charge in [-0.15, -0.1) is 0 Å². The van der Waals surface area contributed by atoms with Crippen LogP contribution in [0.15, 0.2) is 64.4 Å². The maximum Gasteiger partial charge on any atom is 0.328 e. The zero-order valence-electron chi connectivity index (χ0n) is 19.3. The van der Waals surface area contributed by atoms with E-state index in [2.05, 4.69) is 51.1 Å². The quantitative estimate of drug-likeness (QED) is 0.451. The van der Waals surface area contributed by atoms with Crippen molar-refractivity contribution in [2.75, 3.05) is 57.3 Å². The van der Waals surface area contributed by atoms with Gasteiger partial charge < -0.3 is 25.1 Å². The van der Waals surface area contributed by atoms with Crippen molar-refractivity contribution in [2.45, 2.75) is 16.2 Å². The van der Waals surface area contributed by atoms with Gasteiger partial charge in [0.15, 0.2) is 0 Å². The van der Waals surface area contributed by atoms with Gasteiger partial charge in [0, 0.05) is 66.2 Å². The molecule has 188 valence electrons. The summed E-state index contributed by atoms with van der Waals surface area (Å²) in [6.07, 6.45) is 2.23. The van der Waals surface area contributed by atoms with E-state index >= 15 is 0 Å². The number of halogens is 1. The summed E-state index contributed by atoms with van der Waals surface area (Å²) in [5.41, 5.74) is 2.50. The highest BCUT2D eigenvalue weighted by Gasteiger charge is 2.23. The van der Waals surface area contributed by atoms with Crippen LogP contribution in [0.1, 0.15) is 6.42 Å². The third kappa shape index (κ3) is 8.26. The zero-order valence-corrected chi connectivity index (χ0v) is 20.9. The first-order valence-corrected chi connectivity index (χ1v) is 12.6. The third-order valence-electron chi connectivity index (χ3n) is 5.69. The molecule has 0 radical (unpaired) electrons. The third-order valence-corrected chi connectivity index (χ3v) is 7.06. The number of hydrogen-bond acceptors (Lipinski definition) is 7. The Bertz CT molecular complexity index is 1030. The monoisotopic (exact) mass is 519 g/mol. The second-order valence-electron chi connectivity index (χ2n) is 8.10. The molecule has 0 atom stereocenters. The standard InChI is InChI=1S/C21H26ClN3OS.C4H4O4/c22-17-6-7-21-19(16-17)25(18-4-1-2-5-20(18)27-21)9-3-8-23-10-12-24(13-11-23)14-15-26;5-3(6)1-2-4(7)8/h1-2,4-7,16,26H,3,8-15H2;1-2H,(H,5,6)(H,7,8). The molecule has 10 heteroatoms. The zero-order chi connectivity index (χ0) is 25.2. The van der Waals surface area contributed by atoms with Crippen molar-refractivity contribution in [3.8, 4) is 0 Å². The molecule has 2 aliphatic rings. The molecule has 0 amide bonds. The molecular formula is C25H30ClN3O5S. The van der Waals surface area contributed by atoms with E-state index in [4.69, 9.17) is 26.9 Å². The maximum absolute atomic E-state index is 9.55. The normalized spacial score (nSPS) is 15.8.